The molecule has 0 aliphatic heterocycles. The zero-order chi connectivity index (χ0) is 14.3. The highest BCUT2D eigenvalue weighted by Crippen LogP contribution is 2.11. The molecule has 1 amide bonds. The minimum Gasteiger partial charge on any atom is -0.384 e. The van der Waals surface area contributed by atoms with Crippen molar-refractivity contribution >= 4 is 17.7 Å². The van der Waals surface area contributed by atoms with Crippen LogP contribution in [0.3, 0.4) is 0 Å². The molecule has 0 heterocycles. The fourth-order valence-electron chi connectivity index (χ4n) is 1.63. The van der Waals surface area contributed by atoms with Crippen LogP contribution < -0.4 is 0 Å². The Morgan fingerprint density at radius 3 is 2.89 bits per heavy atom. The lowest BCUT2D eigenvalue weighted by molar-refractivity contribution is 0.0757. The molecule has 4 heteroatoms. The number of carbonyl (C=O) groups is 1. The van der Waals surface area contributed by atoms with Crippen LogP contribution >= 0.6 is 11.8 Å². The molecule has 0 fully saturated rings. The van der Waals surface area contributed by atoms with Gasteiger partial charge in [0.1, 0.15) is 6.61 Å². The van der Waals surface area contributed by atoms with Gasteiger partial charge in [0, 0.05) is 30.0 Å². The number of rotatable bonds is 4. The predicted molar refractivity (Wildman–Crippen MR) is 80.3 cm³/mol. The molecule has 0 aliphatic carbocycles. The number of amides is 1. The summed E-state index contributed by atoms with van der Waals surface area (Å²) >= 11 is 1.72. The maximum Gasteiger partial charge on any atom is 0.253 e. The van der Waals surface area contributed by atoms with Crippen molar-refractivity contribution < 1.29 is 9.90 Å². The van der Waals surface area contributed by atoms with Crippen molar-refractivity contribution in [1.29, 1.82) is 0 Å². The summed E-state index contributed by atoms with van der Waals surface area (Å²) in [6.45, 7) is 1.85. The molecule has 1 N–H and O–H groups in total. The number of benzene rings is 1. The Morgan fingerprint density at radius 2 is 2.26 bits per heavy atom. The van der Waals surface area contributed by atoms with Crippen LogP contribution in [0.25, 0.3) is 0 Å². The van der Waals surface area contributed by atoms with Gasteiger partial charge in [-0.05, 0) is 31.4 Å². The van der Waals surface area contributed by atoms with Crippen molar-refractivity contribution in [3.8, 4) is 11.8 Å². The first-order chi connectivity index (χ1) is 9.10. The SMILES string of the molecule is CSCC(C)N(C)C(=O)c1cccc(C#CCO)c1. The lowest BCUT2D eigenvalue weighted by Gasteiger charge is -2.24. The first-order valence-corrected chi connectivity index (χ1v) is 7.45. The summed E-state index contributed by atoms with van der Waals surface area (Å²) in [5, 5.41) is 8.68. The number of hydrogen-bond acceptors (Lipinski definition) is 3. The van der Waals surface area contributed by atoms with Gasteiger partial charge in [0.2, 0.25) is 0 Å². The van der Waals surface area contributed by atoms with Gasteiger partial charge in [-0.3, -0.25) is 4.79 Å². The van der Waals surface area contributed by atoms with Crippen LogP contribution in [0.2, 0.25) is 0 Å². The Labute approximate surface area is 119 Å². The molecule has 0 saturated heterocycles. The standard InChI is InChI=1S/C15H19NO2S/c1-12(11-19-3)16(2)15(18)14-8-4-6-13(10-14)7-5-9-17/h4,6,8,10,12,17H,9,11H2,1-3H3. The molecule has 1 aromatic rings. The van der Waals surface area contributed by atoms with E-state index in [1.807, 2.05) is 32.4 Å². The Morgan fingerprint density at radius 1 is 1.53 bits per heavy atom. The largest absolute Gasteiger partial charge is 0.384 e. The minimum atomic E-state index is -0.178. The van der Waals surface area contributed by atoms with Crippen molar-refractivity contribution in [2.45, 2.75) is 13.0 Å². The van der Waals surface area contributed by atoms with Crippen LogP contribution in [0.4, 0.5) is 0 Å². The summed E-state index contributed by atoms with van der Waals surface area (Å²) in [4.78, 5) is 14.1. The number of aliphatic hydroxyl groups excluding tert-OH is 1. The molecule has 0 aromatic heterocycles. The lowest BCUT2D eigenvalue weighted by atomic mass is 10.1. The van der Waals surface area contributed by atoms with Crippen LogP contribution in [0.1, 0.15) is 22.8 Å². The van der Waals surface area contributed by atoms with E-state index in [0.717, 1.165) is 11.3 Å². The van der Waals surface area contributed by atoms with Crippen LogP contribution in [-0.4, -0.2) is 47.6 Å². The Hall–Kier alpha value is -1.44. The molecule has 1 rings (SSSR count). The second kappa shape index (κ2) is 7.88. The first kappa shape index (κ1) is 15.6. The summed E-state index contributed by atoms with van der Waals surface area (Å²) in [5.74, 6) is 6.29. The third-order valence-corrected chi connectivity index (χ3v) is 3.63. The van der Waals surface area contributed by atoms with Crippen molar-refractivity contribution in [2.24, 2.45) is 0 Å². The Kier molecular flexibility index (Phi) is 6.48. The summed E-state index contributed by atoms with van der Waals surface area (Å²) in [5.41, 5.74) is 1.37. The molecule has 0 spiro atoms. The molecule has 1 aromatic carbocycles. The Bertz CT molecular complexity index is 490. The van der Waals surface area contributed by atoms with Crippen LogP contribution in [-0.2, 0) is 0 Å². The maximum absolute atomic E-state index is 12.3. The molecule has 0 saturated carbocycles. The summed E-state index contributed by atoms with van der Waals surface area (Å²) in [6.07, 6.45) is 2.03. The quantitative estimate of drug-likeness (QED) is 0.854. The van der Waals surface area contributed by atoms with Gasteiger partial charge in [0.25, 0.3) is 5.91 Å². The molecule has 102 valence electrons. The minimum absolute atomic E-state index is 0.00537. The topological polar surface area (TPSA) is 40.5 Å². The summed E-state index contributed by atoms with van der Waals surface area (Å²) < 4.78 is 0. The summed E-state index contributed by atoms with van der Waals surface area (Å²) in [7, 11) is 1.81. The van der Waals surface area contributed by atoms with E-state index in [1.165, 1.54) is 0 Å². The van der Waals surface area contributed by atoms with Gasteiger partial charge in [-0.25, -0.2) is 0 Å². The van der Waals surface area contributed by atoms with E-state index in [4.69, 9.17) is 5.11 Å². The lowest BCUT2D eigenvalue weighted by Crippen LogP contribution is -2.36. The van der Waals surface area contributed by atoms with Crippen LogP contribution in [0, 0.1) is 11.8 Å². The molecule has 19 heavy (non-hydrogen) atoms. The fraction of sp³-hybridized carbons (Fsp3) is 0.400. The third-order valence-electron chi connectivity index (χ3n) is 2.81. The second-order valence-corrected chi connectivity index (χ2v) is 5.17. The first-order valence-electron chi connectivity index (χ1n) is 6.06. The average Bonchev–Trinajstić information content (AvgIpc) is 2.44. The zero-order valence-electron chi connectivity index (χ0n) is 11.5. The molecule has 1 atom stereocenters. The van der Waals surface area contributed by atoms with Gasteiger partial charge >= 0.3 is 0 Å². The highest BCUT2D eigenvalue weighted by atomic mass is 32.2. The number of hydrogen-bond donors (Lipinski definition) is 1. The summed E-state index contributed by atoms with van der Waals surface area (Å²) in [6, 6.07) is 7.36. The normalized spacial score (nSPS) is 11.4. The van der Waals surface area contributed by atoms with E-state index in [0.29, 0.717) is 5.56 Å². The van der Waals surface area contributed by atoms with Gasteiger partial charge in [-0.2, -0.15) is 11.8 Å². The molecule has 0 radical (unpaired) electrons. The van der Waals surface area contributed by atoms with Gasteiger partial charge < -0.3 is 10.0 Å². The maximum atomic E-state index is 12.3. The molecule has 3 nitrogen and oxygen atoms in total. The second-order valence-electron chi connectivity index (χ2n) is 4.26. The van der Waals surface area contributed by atoms with Gasteiger partial charge in [-0.15, -0.1) is 0 Å². The highest BCUT2D eigenvalue weighted by molar-refractivity contribution is 7.98. The number of nitrogens with zero attached hydrogens (tertiary/aromatic N) is 1. The van der Waals surface area contributed by atoms with Crippen molar-refractivity contribution in [1.82, 2.24) is 4.90 Å². The fourth-order valence-corrected chi connectivity index (χ4v) is 2.33. The van der Waals surface area contributed by atoms with E-state index in [1.54, 1.807) is 28.8 Å². The van der Waals surface area contributed by atoms with Gasteiger partial charge in [-0.1, -0.05) is 17.9 Å². The third kappa shape index (κ3) is 4.62. The van der Waals surface area contributed by atoms with Crippen molar-refractivity contribution in [3.05, 3.63) is 35.4 Å². The average molecular weight is 277 g/mol. The molecular formula is C15H19NO2S. The van der Waals surface area contributed by atoms with Gasteiger partial charge in [0.05, 0.1) is 0 Å². The number of carbonyl (C=O) groups excluding carboxylic acids is 1. The van der Waals surface area contributed by atoms with Crippen LogP contribution in [0.15, 0.2) is 24.3 Å². The van der Waals surface area contributed by atoms with Crippen molar-refractivity contribution in [2.75, 3.05) is 25.7 Å². The Balaban J connectivity index is 2.87. The number of aliphatic hydroxyl groups is 1. The highest BCUT2D eigenvalue weighted by Gasteiger charge is 2.16. The van der Waals surface area contributed by atoms with Crippen LogP contribution in [0.5, 0.6) is 0 Å². The molecule has 0 aliphatic rings. The smallest absolute Gasteiger partial charge is 0.253 e. The number of thioether (sulfide) groups is 1. The molecular weight excluding hydrogens is 258 g/mol. The zero-order valence-corrected chi connectivity index (χ0v) is 12.3. The molecule has 0 bridgehead atoms. The predicted octanol–water partition coefficient (Wildman–Crippen LogP) is 1.85. The van der Waals surface area contributed by atoms with Crippen molar-refractivity contribution in [3.63, 3.8) is 0 Å². The molecule has 1 unspecified atom stereocenters. The van der Waals surface area contributed by atoms with E-state index >= 15 is 0 Å². The van der Waals surface area contributed by atoms with E-state index in [-0.39, 0.29) is 18.6 Å². The van der Waals surface area contributed by atoms with E-state index < -0.39 is 0 Å². The van der Waals surface area contributed by atoms with Gasteiger partial charge in [0.15, 0.2) is 0 Å². The monoisotopic (exact) mass is 277 g/mol. The van der Waals surface area contributed by atoms with E-state index in [9.17, 15) is 4.79 Å². The van der Waals surface area contributed by atoms with E-state index in [2.05, 4.69) is 11.8 Å².